The summed E-state index contributed by atoms with van der Waals surface area (Å²) in [5.74, 6) is 0.939. The Morgan fingerprint density at radius 3 is 2.00 bits per heavy atom. The number of nitro benzene ring substituents is 1. The Hall–Kier alpha value is -2.61. The third-order valence-corrected chi connectivity index (χ3v) is 5.63. The van der Waals surface area contributed by atoms with Crippen LogP contribution in [0.1, 0.15) is 50.7 Å². The Bertz CT molecular complexity index is 923. The second-order valence-corrected chi connectivity index (χ2v) is 8.48. The maximum Gasteiger partial charge on any atom is 0.289 e. The predicted molar refractivity (Wildman–Crippen MR) is 105 cm³/mol. The summed E-state index contributed by atoms with van der Waals surface area (Å²) in [4.78, 5) is 10.1. The zero-order valence-corrected chi connectivity index (χ0v) is 16.8. The lowest BCUT2D eigenvalue weighted by molar-refractivity contribution is -0.387. The van der Waals surface area contributed by atoms with Gasteiger partial charge in [-0.25, -0.2) is 8.42 Å². The summed E-state index contributed by atoms with van der Waals surface area (Å²) in [6.07, 6.45) is 0. The van der Waals surface area contributed by atoms with Gasteiger partial charge in [0.25, 0.3) is 15.7 Å². The van der Waals surface area contributed by atoms with E-state index in [4.69, 9.17) is 4.74 Å². The maximum atomic E-state index is 12.8. The zero-order valence-electron chi connectivity index (χ0n) is 16.0. The SMILES string of the molecule is COc1c(C(C)C)cc(NS(=O)(=O)c2ccccc2[N+](=O)[O-])cc1C(C)C. The molecule has 146 valence electrons. The Morgan fingerprint density at radius 2 is 1.56 bits per heavy atom. The summed E-state index contributed by atoms with van der Waals surface area (Å²) in [6.45, 7) is 7.95. The van der Waals surface area contributed by atoms with Gasteiger partial charge in [0.2, 0.25) is 0 Å². The number of anilines is 1. The van der Waals surface area contributed by atoms with Crippen molar-refractivity contribution in [2.75, 3.05) is 11.8 Å². The minimum absolute atomic E-state index is 0.105. The van der Waals surface area contributed by atoms with Crippen LogP contribution in [0.5, 0.6) is 5.75 Å². The van der Waals surface area contributed by atoms with Gasteiger partial charge in [0.1, 0.15) is 5.75 Å². The molecule has 2 aromatic rings. The van der Waals surface area contributed by atoms with Crippen LogP contribution in [0.15, 0.2) is 41.3 Å². The summed E-state index contributed by atoms with van der Waals surface area (Å²) < 4.78 is 33.6. The molecule has 27 heavy (non-hydrogen) atoms. The van der Waals surface area contributed by atoms with Crippen LogP contribution in [0.4, 0.5) is 11.4 Å². The van der Waals surface area contributed by atoms with E-state index in [-0.39, 0.29) is 16.7 Å². The van der Waals surface area contributed by atoms with Crippen LogP contribution in [0.3, 0.4) is 0 Å². The largest absolute Gasteiger partial charge is 0.496 e. The Morgan fingerprint density at radius 1 is 1.04 bits per heavy atom. The first-order valence-electron chi connectivity index (χ1n) is 8.56. The van der Waals surface area contributed by atoms with E-state index in [1.807, 2.05) is 27.7 Å². The fraction of sp³-hybridized carbons (Fsp3) is 0.368. The molecule has 0 amide bonds. The first-order valence-corrected chi connectivity index (χ1v) is 10.0. The number of benzene rings is 2. The lowest BCUT2D eigenvalue weighted by Gasteiger charge is -2.20. The highest BCUT2D eigenvalue weighted by atomic mass is 32.2. The topological polar surface area (TPSA) is 98.5 Å². The molecule has 0 aliphatic heterocycles. The summed E-state index contributed by atoms with van der Waals surface area (Å²) >= 11 is 0. The van der Waals surface area contributed by atoms with Crippen LogP contribution >= 0.6 is 0 Å². The summed E-state index contributed by atoms with van der Waals surface area (Å²) in [5, 5.41) is 11.2. The molecule has 8 heteroatoms. The van der Waals surface area contributed by atoms with Gasteiger partial charge in [-0.05, 0) is 41.2 Å². The smallest absolute Gasteiger partial charge is 0.289 e. The molecule has 0 heterocycles. The van der Waals surface area contributed by atoms with E-state index in [1.54, 1.807) is 19.2 Å². The first kappa shape index (κ1) is 20.7. The number of nitro groups is 1. The van der Waals surface area contributed by atoms with Crippen LogP contribution in [-0.2, 0) is 10.0 Å². The van der Waals surface area contributed by atoms with Crippen molar-refractivity contribution >= 4 is 21.4 Å². The number of hydrogen-bond acceptors (Lipinski definition) is 5. The number of hydrogen-bond donors (Lipinski definition) is 1. The number of nitrogens with zero attached hydrogens (tertiary/aromatic N) is 1. The summed E-state index contributed by atoms with van der Waals surface area (Å²) in [7, 11) is -2.54. The normalized spacial score (nSPS) is 11.7. The van der Waals surface area contributed by atoms with Gasteiger partial charge < -0.3 is 4.74 Å². The highest BCUT2D eigenvalue weighted by Gasteiger charge is 2.26. The van der Waals surface area contributed by atoms with Gasteiger partial charge >= 0.3 is 0 Å². The van der Waals surface area contributed by atoms with Gasteiger partial charge in [-0.15, -0.1) is 0 Å². The van der Waals surface area contributed by atoms with Crippen LogP contribution in [0, 0.1) is 10.1 Å². The molecule has 2 aromatic carbocycles. The van der Waals surface area contributed by atoms with Gasteiger partial charge in [0, 0.05) is 11.8 Å². The molecule has 0 saturated heterocycles. The van der Waals surface area contributed by atoms with E-state index < -0.39 is 20.6 Å². The van der Waals surface area contributed by atoms with Gasteiger partial charge in [-0.1, -0.05) is 39.8 Å². The van der Waals surface area contributed by atoms with Crippen molar-refractivity contribution in [2.24, 2.45) is 0 Å². The standard InChI is InChI=1S/C19H24N2O5S/c1-12(2)15-10-14(11-16(13(3)4)19(15)26-5)20-27(24,25)18-9-7-6-8-17(18)21(22)23/h6-13,20H,1-5H3. The van der Waals surface area contributed by atoms with E-state index in [1.165, 1.54) is 24.3 Å². The Balaban J connectivity index is 2.58. The molecular weight excluding hydrogens is 368 g/mol. The first-order chi connectivity index (χ1) is 12.6. The van der Waals surface area contributed by atoms with Crippen molar-refractivity contribution in [3.05, 3.63) is 57.6 Å². The minimum atomic E-state index is -4.13. The molecule has 0 atom stereocenters. The number of nitrogens with one attached hydrogen (secondary N) is 1. The lowest BCUT2D eigenvalue weighted by atomic mass is 9.93. The fourth-order valence-corrected chi connectivity index (χ4v) is 4.09. The number of sulfonamides is 1. The number of ether oxygens (including phenoxy) is 1. The van der Waals surface area contributed by atoms with Crippen molar-refractivity contribution in [3.63, 3.8) is 0 Å². The highest BCUT2D eigenvalue weighted by molar-refractivity contribution is 7.92. The molecule has 1 N–H and O–H groups in total. The van der Waals surface area contributed by atoms with E-state index >= 15 is 0 Å². The predicted octanol–water partition coefficient (Wildman–Crippen LogP) is 4.65. The highest BCUT2D eigenvalue weighted by Crippen LogP contribution is 2.38. The zero-order chi connectivity index (χ0) is 20.4. The molecular formula is C19H24N2O5S. The van der Waals surface area contributed by atoms with Gasteiger partial charge in [0.15, 0.2) is 4.90 Å². The van der Waals surface area contributed by atoms with Crippen LogP contribution in [-0.4, -0.2) is 20.5 Å². The molecule has 0 saturated carbocycles. The van der Waals surface area contributed by atoms with E-state index in [2.05, 4.69) is 4.72 Å². The van der Waals surface area contributed by atoms with Crippen LogP contribution in [0.2, 0.25) is 0 Å². The van der Waals surface area contributed by atoms with Crippen LogP contribution < -0.4 is 9.46 Å². The second-order valence-electron chi connectivity index (χ2n) is 6.83. The lowest BCUT2D eigenvalue weighted by Crippen LogP contribution is -2.15. The molecule has 0 unspecified atom stereocenters. The molecule has 0 aliphatic rings. The second kappa shape index (κ2) is 7.96. The molecule has 0 spiro atoms. The van der Waals surface area contributed by atoms with Gasteiger partial charge in [0.05, 0.1) is 12.0 Å². The van der Waals surface area contributed by atoms with E-state index in [9.17, 15) is 18.5 Å². The quantitative estimate of drug-likeness (QED) is 0.546. The average molecular weight is 392 g/mol. The molecule has 0 aliphatic carbocycles. The minimum Gasteiger partial charge on any atom is -0.496 e. The summed E-state index contributed by atoms with van der Waals surface area (Å²) in [6, 6.07) is 8.69. The third-order valence-electron chi connectivity index (χ3n) is 4.20. The van der Waals surface area contributed by atoms with Gasteiger partial charge in [-0.2, -0.15) is 0 Å². The molecule has 0 radical (unpaired) electrons. The number of rotatable bonds is 7. The molecule has 0 fully saturated rings. The monoisotopic (exact) mass is 392 g/mol. The molecule has 0 aromatic heterocycles. The fourth-order valence-electron chi connectivity index (χ4n) is 2.87. The van der Waals surface area contributed by atoms with E-state index in [0.29, 0.717) is 5.69 Å². The van der Waals surface area contributed by atoms with Crippen molar-refractivity contribution in [1.29, 1.82) is 0 Å². The third kappa shape index (κ3) is 4.39. The van der Waals surface area contributed by atoms with Crippen molar-refractivity contribution in [1.82, 2.24) is 0 Å². The molecule has 0 bridgehead atoms. The van der Waals surface area contributed by atoms with Crippen molar-refractivity contribution in [3.8, 4) is 5.75 Å². The van der Waals surface area contributed by atoms with Crippen molar-refractivity contribution < 1.29 is 18.1 Å². The van der Waals surface area contributed by atoms with Gasteiger partial charge in [-0.3, -0.25) is 14.8 Å². The number of methoxy groups -OCH3 is 1. The number of para-hydroxylation sites is 1. The molecule has 2 rings (SSSR count). The average Bonchev–Trinajstić information content (AvgIpc) is 2.60. The maximum absolute atomic E-state index is 12.8. The summed E-state index contributed by atoms with van der Waals surface area (Å²) in [5.41, 5.74) is 1.61. The Kier molecular flexibility index (Phi) is 6.10. The Labute approximate surface area is 159 Å². The van der Waals surface area contributed by atoms with Crippen LogP contribution in [0.25, 0.3) is 0 Å². The van der Waals surface area contributed by atoms with Crippen molar-refractivity contribution in [2.45, 2.75) is 44.4 Å². The molecule has 7 nitrogen and oxygen atoms in total. The van der Waals surface area contributed by atoms with E-state index in [0.717, 1.165) is 16.9 Å².